The largest absolute Gasteiger partial charge is 0 e. The number of aliphatic hydroxyl groups is 3. The van der Waals surface area contributed by atoms with E-state index in [0.29, 0.717) is 18.5 Å². The number of halogens is 2. The summed E-state index contributed by atoms with van der Waals surface area (Å²) >= 11 is 4.64. The summed E-state index contributed by atoms with van der Waals surface area (Å²) in [4.78, 5) is 141. The summed E-state index contributed by atoms with van der Waals surface area (Å²) in [6, 6.07) is -6.95. The van der Waals surface area contributed by atoms with Crippen LogP contribution in [0.25, 0.3) is 10.6 Å². The molecule has 0 aliphatic rings. The maximum atomic E-state index is 12.3. The first-order valence-electron chi connectivity index (χ1n) is 21.7. The molecule has 0 aliphatic heterocycles. The van der Waals surface area contributed by atoms with E-state index in [1.807, 2.05) is 0 Å². The molecular formula is C43H81B3Cl2N9O23PS3SnTc2Y3-3. The van der Waals surface area contributed by atoms with Crippen molar-refractivity contribution in [3.8, 4) is 0 Å². The van der Waals surface area contributed by atoms with Gasteiger partial charge in [-0.15, -0.1) is 7.92 Å². The summed E-state index contributed by atoms with van der Waals surface area (Å²) in [5, 5.41) is 85.5. The van der Waals surface area contributed by atoms with Crippen LogP contribution in [-0.2, 0) is 226 Å². The van der Waals surface area contributed by atoms with Gasteiger partial charge in [0.1, 0.15) is 12.1 Å². The van der Waals surface area contributed by atoms with Gasteiger partial charge in [0.2, 0.25) is 23.6 Å². The molecular weight excluding hydrogens is 1820 g/mol. The summed E-state index contributed by atoms with van der Waals surface area (Å²) in [5.74, 6) is -6.72. The quantitative estimate of drug-likeness (QED) is 0.00428. The van der Waals surface area contributed by atoms with E-state index in [0.717, 1.165) is 40.4 Å². The number of hydrogen-bond donors (Lipinski definition) is 12. The molecule has 0 aromatic heterocycles. The van der Waals surface area contributed by atoms with Crippen molar-refractivity contribution in [2.75, 3.05) is 118 Å². The van der Waals surface area contributed by atoms with Crippen LogP contribution in [0.1, 0.15) is 41.5 Å². The van der Waals surface area contributed by atoms with Crippen molar-refractivity contribution in [1.29, 1.82) is 0 Å². The second-order valence-corrected chi connectivity index (χ2v) is 24.5. The summed E-state index contributed by atoms with van der Waals surface area (Å²) in [6.07, 6.45) is 5.89. The predicted octanol–water partition coefficient (Wildman–Crippen LogP) is -3.03. The Morgan fingerprint density at radius 3 is 1.21 bits per heavy atom. The summed E-state index contributed by atoms with van der Waals surface area (Å²) in [6.45, 7) is -2.02. The van der Waals surface area contributed by atoms with E-state index in [-0.39, 0.29) is 229 Å². The van der Waals surface area contributed by atoms with E-state index < -0.39 is 136 Å². The average molecular weight is 1900 g/mol. The second-order valence-electron chi connectivity index (χ2n) is 14.7. The molecule has 0 aromatic rings. The van der Waals surface area contributed by atoms with Crippen molar-refractivity contribution in [2.24, 2.45) is 0 Å². The molecule has 0 heterocycles. The number of aliphatic carboxylic acids is 3. The van der Waals surface area contributed by atoms with Gasteiger partial charge >= 0.3 is 77.0 Å². The van der Waals surface area contributed by atoms with Crippen LogP contribution in [0.3, 0.4) is 0 Å². The molecule has 6 atom stereocenters. The van der Waals surface area contributed by atoms with Gasteiger partial charge in [0.05, 0.1) is 39.3 Å². The van der Waals surface area contributed by atoms with Gasteiger partial charge in [-0.25, -0.2) is 34.5 Å². The first kappa shape index (κ1) is 135. The van der Waals surface area contributed by atoms with Crippen LogP contribution in [0.2, 0.25) is 0 Å². The standard InChI is InChI=1S/C20H34N6O8S2.C9H16N3O4S.C9H15O6P.CH4O4.3CH4.CH3.3B.2ClH.O.Sn.2Tc.3Y/c1-25(2)5-17(31)23-15(9-29)19(33)21-13(7-27)11-35-36-12-14(8-28)22-20(34)16(10-30)24-18(32)6-26(3)4;1-10-2-8(15)12-7(4-14)9(16)11-6(3-13)5-17;10-7(11)1-4-16(5-2-8(12)13)6-3-9(14)15;1-3-5-4-2;;;;;;;;;;;;;;;;/h13-16,29-30H,5-6,9-12H2,1-4H3,(H,21,33)(H,22,34)(H,23,31)(H,24,32);6-7,10,14H,2,4-5H2,1H3,(H3,11,12,15,16,17);1-6H2,(H,10,11)(H,12,13)(H,14,15);2H,1H3;3*1H4;1H3;;;;2*1H;;;;;;;/q-2;-1;;;;;;-1;;;;;;;+2;;+4;;;/p-5/t13-,14+,15+,16-;6-,7+;;;;;;;;;;;;;;;;;;/m.1................../s1. The van der Waals surface area contributed by atoms with Crippen molar-refractivity contribution in [3.63, 3.8) is 0 Å². The third-order valence-electron chi connectivity index (χ3n) is 7.75. The van der Waals surface area contributed by atoms with Crippen molar-refractivity contribution in [1.82, 2.24) is 36.4 Å². The third kappa shape index (κ3) is 93.5. The SMILES string of the molecule is C.C.C.CN(C)CC(=O)N[C@@H](CO)C(=O)N[C@H]([C-]=O)CSSC[C@H]([C-]=O)NC(=O)[C@@H](CO)NC(=O)CN(C)C.CNCC(=O)[N-][C@@H](CO)C(=O)[N-][C@H]([C-]=O)C[S-].COOOO.O=C(O)CCP(CCC(=O)O)CCC(=O)O.[B].[B].[B].[CH3-].[Cl][Sn][Cl].[O]=[Tc+4].[Tc].[Y].[Y].[Y]. The van der Waals surface area contributed by atoms with Gasteiger partial charge in [0.15, 0.2) is 0 Å². The number of carbonyl (C=O) groups excluding carboxylic acids is 9. The Kier molecular flexibility index (Phi) is 145. The van der Waals surface area contributed by atoms with Crippen LogP contribution in [0.4, 0.5) is 0 Å². The Morgan fingerprint density at radius 2 is 1.00 bits per heavy atom. The van der Waals surface area contributed by atoms with E-state index in [2.05, 4.69) is 64.8 Å². The molecule has 0 fully saturated rings. The molecule has 0 bridgehead atoms. The molecule has 0 aromatic carbocycles. The molecule has 90 heavy (non-hydrogen) atoms. The van der Waals surface area contributed by atoms with Gasteiger partial charge in [-0.05, 0) is 81.3 Å². The van der Waals surface area contributed by atoms with Crippen molar-refractivity contribution >= 4 is 176 Å². The number of amides is 6. The zero-order valence-corrected chi connectivity index (χ0v) is 68.1. The normalized spacial score (nSPS) is 10.9. The number of carboxylic acid groups (broad SMARTS) is 3. The fourth-order valence-electron chi connectivity index (χ4n) is 4.44. The van der Waals surface area contributed by atoms with Crippen LogP contribution in [0.15, 0.2) is 0 Å². The van der Waals surface area contributed by atoms with E-state index in [9.17, 15) is 67.7 Å². The summed E-state index contributed by atoms with van der Waals surface area (Å²) < 4.78 is 8.22. The molecule has 15 radical (unpaired) electrons. The Morgan fingerprint density at radius 1 is 0.667 bits per heavy atom. The maximum absolute atomic E-state index is 12.3. The fourth-order valence-corrected chi connectivity index (χ4v) is 8.94. The Balaban J connectivity index is -0.0000000560. The zero-order chi connectivity index (χ0) is 62.3. The number of hydrogen-bond acceptors (Lipinski definition) is 26. The van der Waals surface area contributed by atoms with Gasteiger partial charge in [-0.1, -0.05) is 56.0 Å². The Labute approximate surface area is 666 Å². The minimum atomic E-state index is -1.28. The van der Waals surface area contributed by atoms with Crippen molar-refractivity contribution < 1.29 is 249 Å². The van der Waals surface area contributed by atoms with Crippen LogP contribution >= 0.6 is 47.4 Å². The van der Waals surface area contributed by atoms with Gasteiger partial charge in [-0.3, -0.25) is 39.8 Å². The van der Waals surface area contributed by atoms with Gasteiger partial charge < -0.3 is 122 Å². The van der Waals surface area contributed by atoms with Crippen LogP contribution in [0, 0.1) is 7.43 Å². The van der Waals surface area contributed by atoms with Crippen LogP contribution in [-0.4, -0.2) is 316 Å². The van der Waals surface area contributed by atoms with Gasteiger partial charge in [-0.2, -0.15) is 0 Å². The topological polar surface area (TPSA) is 486 Å². The van der Waals surface area contributed by atoms with E-state index in [1.54, 1.807) is 57.6 Å². The van der Waals surface area contributed by atoms with E-state index in [1.165, 1.54) is 13.4 Å². The van der Waals surface area contributed by atoms with Crippen molar-refractivity contribution in [2.45, 2.75) is 77.8 Å². The minimum absolute atomic E-state index is 0. The summed E-state index contributed by atoms with van der Waals surface area (Å²) in [5.41, 5.74) is 0. The maximum Gasteiger partial charge on any atom is 0 e. The number of carboxylic acids is 3. The molecule has 47 heteroatoms. The smallest absolute Gasteiger partial charge is 0 e. The number of aliphatic hydroxyl groups excluding tert-OH is 3. The first-order chi connectivity index (χ1) is 37.3. The van der Waals surface area contributed by atoms with Gasteiger partial charge in [0.25, 0.3) is 0 Å². The zero-order valence-electron chi connectivity index (χ0n) is 48.2. The molecule has 0 spiro atoms. The number of nitrogens with zero attached hydrogens (tertiary/aromatic N) is 4. The number of rotatable bonds is 38. The Hall–Kier alpha value is 1.30. The fraction of sp³-hybridized carbons (Fsp3) is 0.698. The number of nitrogens with one attached hydrogen (secondary N) is 5. The monoisotopic (exact) mass is 1900 g/mol. The van der Waals surface area contributed by atoms with E-state index in [4.69, 9.17) is 47.0 Å². The molecule has 0 saturated carbocycles. The second kappa shape index (κ2) is 96.7. The average Bonchev–Trinajstić information content (AvgIpc) is 3.39. The molecule has 0 aliphatic carbocycles. The number of carbonyl (C=O) groups is 9. The van der Waals surface area contributed by atoms with Crippen LogP contribution in [0.5, 0.6) is 0 Å². The van der Waals surface area contributed by atoms with Gasteiger partial charge in [0, 0.05) is 182 Å². The molecule has 0 rings (SSSR count). The third-order valence-corrected chi connectivity index (χ3v) is 13.1. The predicted molar refractivity (Wildman–Crippen MR) is 331 cm³/mol. The van der Waals surface area contributed by atoms with E-state index >= 15 is 0 Å². The minimum Gasteiger partial charge on any atom is 0 e. The summed E-state index contributed by atoms with van der Waals surface area (Å²) in [7, 11) is 20.7. The molecule has 12 N–H and O–H groups in total. The number of likely N-dealkylation sites (N-methyl/N-ethyl adjacent to an activating group) is 3. The molecule has 6 amide bonds. The Bertz CT molecular complexity index is 1690. The molecule has 0 saturated heterocycles. The van der Waals surface area contributed by atoms with Crippen LogP contribution < -0.4 is 26.6 Å². The van der Waals surface area contributed by atoms with Crippen molar-refractivity contribution in [3.05, 3.63) is 18.1 Å². The first-order valence-corrected chi connectivity index (χ1v) is 34.7. The molecule has 0 unspecified atom stereocenters. The molecule has 32 nitrogen and oxygen atoms in total. The molecule has 512 valence electrons.